The van der Waals surface area contributed by atoms with Crippen LogP contribution in [0.15, 0.2) is 24.5 Å². The molecule has 5 heteroatoms. The highest BCUT2D eigenvalue weighted by atomic mass is 16.4. The second-order valence-corrected chi connectivity index (χ2v) is 7.36. The molecule has 1 aromatic heterocycles. The second kappa shape index (κ2) is 7.77. The molecular formula is C19H28N2O3. The lowest BCUT2D eigenvalue weighted by Crippen LogP contribution is -2.37. The minimum absolute atomic E-state index is 0.0949. The lowest BCUT2D eigenvalue weighted by Gasteiger charge is -2.33. The third kappa shape index (κ3) is 4.34. The molecule has 1 fully saturated rings. The van der Waals surface area contributed by atoms with Gasteiger partial charge in [-0.05, 0) is 63.1 Å². The summed E-state index contributed by atoms with van der Waals surface area (Å²) in [5.74, 6) is -0.461. The van der Waals surface area contributed by atoms with Gasteiger partial charge in [0.1, 0.15) is 0 Å². The fourth-order valence-corrected chi connectivity index (χ4v) is 3.57. The zero-order chi connectivity index (χ0) is 17.7. The number of hydrogen-bond acceptors (Lipinski definition) is 3. The molecule has 2 heterocycles. The minimum atomic E-state index is -0.804. The summed E-state index contributed by atoms with van der Waals surface area (Å²) in [6.07, 6.45) is 7.29. The van der Waals surface area contributed by atoms with E-state index in [1.165, 1.54) is 0 Å². The molecular weight excluding hydrogens is 304 g/mol. The number of carbonyl (C=O) groups excluding carboxylic acids is 1. The van der Waals surface area contributed by atoms with Crippen LogP contribution in [-0.2, 0) is 9.59 Å². The first kappa shape index (κ1) is 18.4. The Bertz CT molecular complexity index is 571. The Morgan fingerprint density at radius 1 is 1.38 bits per heavy atom. The first-order valence-corrected chi connectivity index (χ1v) is 8.78. The van der Waals surface area contributed by atoms with Gasteiger partial charge in [0.05, 0.1) is 5.41 Å². The number of carboxylic acid groups (broad SMARTS) is 1. The molecule has 0 aliphatic carbocycles. The topological polar surface area (TPSA) is 70.5 Å². The summed E-state index contributed by atoms with van der Waals surface area (Å²) < 4.78 is 0. The number of aromatic nitrogens is 1. The van der Waals surface area contributed by atoms with Gasteiger partial charge in [0.15, 0.2) is 0 Å². The molecule has 1 N–H and O–H groups in total. The van der Waals surface area contributed by atoms with Crippen LogP contribution in [0.1, 0.15) is 64.4 Å². The molecule has 132 valence electrons. The van der Waals surface area contributed by atoms with E-state index in [4.69, 9.17) is 0 Å². The van der Waals surface area contributed by atoms with E-state index >= 15 is 0 Å². The van der Waals surface area contributed by atoms with Crippen molar-refractivity contribution in [1.29, 1.82) is 0 Å². The fourth-order valence-electron chi connectivity index (χ4n) is 3.57. The van der Waals surface area contributed by atoms with Gasteiger partial charge in [0, 0.05) is 31.4 Å². The molecule has 2 rings (SSSR count). The molecule has 0 bridgehead atoms. The number of carboxylic acids is 1. The van der Waals surface area contributed by atoms with Crippen LogP contribution in [0.2, 0.25) is 0 Å². The quantitative estimate of drug-likeness (QED) is 0.791. The Morgan fingerprint density at radius 2 is 2.04 bits per heavy atom. The van der Waals surface area contributed by atoms with E-state index in [0.717, 1.165) is 31.4 Å². The van der Waals surface area contributed by atoms with Crippen LogP contribution in [-0.4, -0.2) is 39.5 Å². The highest BCUT2D eigenvalue weighted by molar-refractivity contribution is 5.78. The van der Waals surface area contributed by atoms with E-state index in [-0.39, 0.29) is 17.9 Å². The summed E-state index contributed by atoms with van der Waals surface area (Å²) in [5.41, 5.74) is 0.297. The average molecular weight is 332 g/mol. The number of aliphatic carboxylic acids is 1. The van der Waals surface area contributed by atoms with Gasteiger partial charge in [-0.2, -0.15) is 0 Å². The largest absolute Gasteiger partial charge is 0.481 e. The maximum Gasteiger partial charge on any atom is 0.309 e. The van der Waals surface area contributed by atoms with Gasteiger partial charge in [0.2, 0.25) is 5.91 Å². The predicted molar refractivity (Wildman–Crippen MR) is 92.7 cm³/mol. The van der Waals surface area contributed by atoms with Crippen molar-refractivity contribution >= 4 is 11.9 Å². The molecule has 1 aliphatic heterocycles. The Balaban J connectivity index is 2.22. The molecule has 0 spiro atoms. The number of nitrogens with zero attached hydrogens (tertiary/aromatic N) is 2. The first-order chi connectivity index (χ1) is 11.3. The van der Waals surface area contributed by atoms with Crippen molar-refractivity contribution in [2.45, 2.75) is 64.8 Å². The van der Waals surface area contributed by atoms with Gasteiger partial charge in [-0.15, -0.1) is 0 Å². The van der Waals surface area contributed by atoms with Crippen molar-refractivity contribution in [3.63, 3.8) is 0 Å². The predicted octanol–water partition coefficient (Wildman–Crippen LogP) is 3.46. The van der Waals surface area contributed by atoms with E-state index in [2.05, 4.69) is 11.9 Å². The standard InChI is InChI=1S/C19H28N2O3/c1-4-16(21-11-5-6-17(21)22)12-15(13-19(2,3)18(23)24)14-7-9-20-10-8-14/h7-10,15-16H,4-6,11-13H2,1-3H3,(H,23,24). The minimum Gasteiger partial charge on any atom is -0.481 e. The maximum absolute atomic E-state index is 12.1. The highest BCUT2D eigenvalue weighted by Crippen LogP contribution is 2.36. The van der Waals surface area contributed by atoms with Gasteiger partial charge >= 0.3 is 5.97 Å². The zero-order valence-electron chi connectivity index (χ0n) is 14.9. The van der Waals surface area contributed by atoms with Crippen molar-refractivity contribution in [1.82, 2.24) is 9.88 Å². The van der Waals surface area contributed by atoms with Gasteiger partial charge in [-0.3, -0.25) is 14.6 Å². The van der Waals surface area contributed by atoms with Crippen LogP contribution >= 0.6 is 0 Å². The second-order valence-electron chi connectivity index (χ2n) is 7.36. The van der Waals surface area contributed by atoms with Crippen molar-refractivity contribution < 1.29 is 14.7 Å². The molecule has 2 atom stereocenters. The van der Waals surface area contributed by atoms with E-state index < -0.39 is 11.4 Å². The van der Waals surface area contributed by atoms with E-state index in [0.29, 0.717) is 12.8 Å². The summed E-state index contributed by atoms with van der Waals surface area (Å²) in [6, 6.07) is 4.09. The van der Waals surface area contributed by atoms with Crippen LogP contribution in [0.25, 0.3) is 0 Å². The number of amides is 1. The Hall–Kier alpha value is -1.91. The van der Waals surface area contributed by atoms with Crippen molar-refractivity contribution in [2.75, 3.05) is 6.54 Å². The molecule has 24 heavy (non-hydrogen) atoms. The van der Waals surface area contributed by atoms with Gasteiger partial charge in [0.25, 0.3) is 0 Å². The highest BCUT2D eigenvalue weighted by Gasteiger charge is 2.34. The molecule has 5 nitrogen and oxygen atoms in total. The molecule has 1 aromatic rings. The van der Waals surface area contributed by atoms with E-state index in [1.54, 1.807) is 26.2 Å². The normalized spacial score (nSPS) is 17.8. The molecule has 1 amide bonds. The summed E-state index contributed by atoms with van der Waals surface area (Å²) in [6.45, 7) is 6.46. The first-order valence-electron chi connectivity index (χ1n) is 8.78. The lowest BCUT2D eigenvalue weighted by atomic mass is 9.77. The van der Waals surface area contributed by atoms with E-state index in [1.807, 2.05) is 17.0 Å². The van der Waals surface area contributed by atoms with E-state index in [9.17, 15) is 14.7 Å². The molecule has 2 unspecified atom stereocenters. The van der Waals surface area contributed by atoms with Crippen LogP contribution in [0, 0.1) is 5.41 Å². The summed E-state index contributed by atoms with van der Waals surface area (Å²) in [5, 5.41) is 9.51. The Labute approximate surface area is 144 Å². The van der Waals surface area contributed by atoms with Crippen molar-refractivity contribution in [3.05, 3.63) is 30.1 Å². The molecule has 0 radical (unpaired) electrons. The third-order valence-corrected chi connectivity index (χ3v) is 5.09. The number of hydrogen-bond donors (Lipinski definition) is 1. The van der Waals surface area contributed by atoms with Crippen LogP contribution < -0.4 is 0 Å². The SMILES string of the molecule is CCC(CC(CC(C)(C)C(=O)O)c1ccncc1)N1CCCC1=O. The maximum atomic E-state index is 12.1. The summed E-state index contributed by atoms with van der Waals surface area (Å²) in [4.78, 5) is 29.7. The average Bonchev–Trinajstić information content (AvgIpc) is 2.98. The number of carbonyl (C=O) groups is 2. The fraction of sp³-hybridized carbons (Fsp3) is 0.632. The Kier molecular flexibility index (Phi) is 5.97. The molecule has 1 saturated heterocycles. The van der Waals surface area contributed by atoms with Crippen LogP contribution in [0.3, 0.4) is 0 Å². The summed E-state index contributed by atoms with van der Waals surface area (Å²) >= 11 is 0. The third-order valence-electron chi connectivity index (χ3n) is 5.09. The molecule has 0 aromatic carbocycles. The smallest absolute Gasteiger partial charge is 0.309 e. The van der Waals surface area contributed by atoms with Crippen molar-refractivity contribution in [3.8, 4) is 0 Å². The Morgan fingerprint density at radius 3 is 2.54 bits per heavy atom. The van der Waals surface area contributed by atoms with Crippen LogP contribution in [0.4, 0.5) is 0 Å². The lowest BCUT2D eigenvalue weighted by molar-refractivity contribution is -0.147. The number of pyridine rings is 1. The molecule has 0 saturated carbocycles. The van der Waals surface area contributed by atoms with Gasteiger partial charge in [-0.25, -0.2) is 0 Å². The van der Waals surface area contributed by atoms with Crippen LogP contribution in [0.5, 0.6) is 0 Å². The number of rotatable bonds is 8. The molecule has 1 aliphatic rings. The van der Waals surface area contributed by atoms with Crippen molar-refractivity contribution in [2.24, 2.45) is 5.41 Å². The van der Waals surface area contributed by atoms with Gasteiger partial charge in [-0.1, -0.05) is 6.92 Å². The summed E-state index contributed by atoms with van der Waals surface area (Å²) in [7, 11) is 0. The monoisotopic (exact) mass is 332 g/mol. The number of likely N-dealkylation sites (tertiary alicyclic amines) is 1. The van der Waals surface area contributed by atoms with Gasteiger partial charge < -0.3 is 10.0 Å². The zero-order valence-corrected chi connectivity index (χ0v) is 14.9.